The van der Waals surface area contributed by atoms with Gasteiger partial charge in [-0.05, 0) is 60.3 Å². The van der Waals surface area contributed by atoms with E-state index >= 15 is 0 Å². The van der Waals surface area contributed by atoms with Crippen LogP contribution in [0.15, 0.2) is 66.7 Å². The second kappa shape index (κ2) is 17.6. The molecule has 1 aliphatic rings. The summed E-state index contributed by atoms with van der Waals surface area (Å²) in [5.74, 6) is 1.98. The molecule has 0 saturated carbocycles. The van der Waals surface area contributed by atoms with Crippen LogP contribution in [0.2, 0.25) is 0 Å². The van der Waals surface area contributed by atoms with Gasteiger partial charge in [0.25, 0.3) is 5.91 Å². The first-order valence-corrected chi connectivity index (χ1v) is 15.3. The van der Waals surface area contributed by atoms with Gasteiger partial charge in [-0.15, -0.1) is 0 Å². The highest BCUT2D eigenvalue weighted by Gasteiger charge is 2.33. The van der Waals surface area contributed by atoms with Crippen LogP contribution in [0.25, 0.3) is 0 Å². The summed E-state index contributed by atoms with van der Waals surface area (Å²) in [4.78, 5) is 12.4. The Labute approximate surface area is 260 Å². The SMILES string of the molecule is CNC(=O)c1ccc(C(O)C2CNCCC2c2ccc(OCCCOCc3ccccc3OC)cc2)cc1OCCCOC. The Bertz CT molecular complexity index is 1300. The average molecular weight is 607 g/mol. The predicted molar refractivity (Wildman–Crippen MR) is 170 cm³/mol. The molecule has 0 aliphatic carbocycles. The Balaban J connectivity index is 1.33. The van der Waals surface area contributed by atoms with E-state index < -0.39 is 6.10 Å². The molecular formula is C35H46N2O7. The number of methoxy groups -OCH3 is 2. The lowest BCUT2D eigenvalue weighted by Gasteiger charge is -2.36. The fourth-order valence-electron chi connectivity index (χ4n) is 5.59. The lowest BCUT2D eigenvalue weighted by Crippen LogP contribution is -2.38. The maximum Gasteiger partial charge on any atom is 0.254 e. The van der Waals surface area contributed by atoms with Crippen LogP contribution < -0.4 is 24.8 Å². The van der Waals surface area contributed by atoms with Crippen molar-refractivity contribution >= 4 is 5.91 Å². The van der Waals surface area contributed by atoms with Crippen molar-refractivity contribution in [3.63, 3.8) is 0 Å². The molecule has 1 amide bonds. The molecule has 1 aliphatic heterocycles. The van der Waals surface area contributed by atoms with Crippen molar-refractivity contribution in [1.82, 2.24) is 10.6 Å². The van der Waals surface area contributed by atoms with Gasteiger partial charge in [0.15, 0.2) is 0 Å². The van der Waals surface area contributed by atoms with Crippen LogP contribution in [-0.4, -0.2) is 71.8 Å². The summed E-state index contributed by atoms with van der Waals surface area (Å²) in [6, 6.07) is 21.4. The zero-order valence-electron chi connectivity index (χ0n) is 26.1. The molecule has 3 N–H and O–H groups in total. The number of nitrogens with one attached hydrogen (secondary N) is 2. The summed E-state index contributed by atoms with van der Waals surface area (Å²) in [5.41, 5.74) is 3.37. The first-order chi connectivity index (χ1) is 21.5. The molecule has 9 heteroatoms. The van der Waals surface area contributed by atoms with E-state index in [-0.39, 0.29) is 17.7 Å². The number of ether oxygens (including phenoxy) is 5. The summed E-state index contributed by atoms with van der Waals surface area (Å²) >= 11 is 0. The quantitative estimate of drug-likeness (QED) is 0.187. The third kappa shape index (κ3) is 9.19. The smallest absolute Gasteiger partial charge is 0.254 e. The van der Waals surface area contributed by atoms with Crippen molar-refractivity contribution in [2.75, 3.05) is 60.8 Å². The van der Waals surface area contributed by atoms with E-state index in [0.29, 0.717) is 57.3 Å². The van der Waals surface area contributed by atoms with Crippen molar-refractivity contribution in [2.24, 2.45) is 5.92 Å². The molecule has 0 radical (unpaired) electrons. The number of benzene rings is 3. The second-order valence-corrected chi connectivity index (χ2v) is 10.9. The van der Waals surface area contributed by atoms with Gasteiger partial charge >= 0.3 is 0 Å². The van der Waals surface area contributed by atoms with Crippen LogP contribution in [0.4, 0.5) is 0 Å². The highest BCUT2D eigenvalue weighted by Crippen LogP contribution is 2.40. The Morgan fingerprint density at radius 2 is 1.73 bits per heavy atom. The maximum absolute atomic E-state index is 12.4. The van der Waals surface area contributed by atoms with E-state index in [2.05, 4.69) is 22.8 Å². The lowest BCUT2D eigenvalue weighted by molar-refractivity contribution is 0.0778. The molecular weight excluding hydrogens is 560 g/mol. The van der Waals surface area contributed by atoms with Gasteiger partial charge in [-0.3, -0.25) is 4.79 Å². The standard InChI is InChI=1S/C35H46N2O7/c1-36-35(39)30-15-12-26(22-33(30)44-21-6-18-40-2)34(38)31-23-37-17-16-29(31)25-10-13-28(14-11-25)43-20-7-19-42-24-27-8-4-5-9-32(27)41-3/h4-5,8-15,22,29,31,34,37-38H,6-7,16-21,23-24H2,1-3H3,(H,36,39). The highest BCUT2D eigenvalue weighted by molar-refractivity contribution is 5.96. The highest BCUT2D eigenvalue weighted by atomic mass is 16.5. The van der Waals surface area contributed by atoms with Gasteiger partial charge in [0.1, 0.15) is 17.2 Å². The Morgan fingerprint density at radius 3 is 2.50 bits per heavy atom. The van der Waals surface area contributed by atoms with Crippen LogP contribution in [0.3, 0.4) is 0 Å². The number of aliphatic hydroxyl groups excluding tert-OH is 1. The van der Waals surface area contributed by atoms with E-state index in [1.165, 1.54) is 5.56 Å². The third-order valence-corrected chi connectivity index (χ3v) is 7.96. The molecule has 4 rings (SSSR count). The number of carbonyl (C=O) groups is 1. The number of rotatable bonds is 17. The van der Waals surface area contributed by atoms with Gasteiger partial charge < -0.3 is 39.4 Å². The minimum atomic E-state index is -0.736. The molecule has 1 fully saturated rings. The van der Waals surface area contributed by atoms with E-state index in [1.54, 1.807) is 33.4 Å². The molecule has 0 bridgehead atoms. The van der Waals surface area contributed by atoms with Crippen LogP contribution >= 0.6 is 0 Å². The monoisotopic (exact) mass is 606 g/mol. The van der Waals surface area contributed by atoms with Crippen LogP contribution in [0.1, 0.15) is 58.3 Å². The first-order valence-electron chi connectivity index (χ1n) is 15.3. The van der Waals surface area contributed by atoms with E-state index in [9.17, 15) is 9.90 Å². The van der Waals surface area contributed by atoms with Gasteiger partial charge in [0.05, 0.1) is 45.2 Å². The molecule has 44 heavy (non-hydrogen) atoms. The Kier molecular flexibility index (Phi) is 13.3. The maximum atomic E-state index is 12.4. The van der Waals surface area contributed by atoms with E-state index in [4.69, 9.17) is 23.7 Å². The van der Waals surface area contributed by atoms with Crippen LogP contribution in [0, 0.1) is 5.92 Å². The van der Waals surface area contributed by atoms with Crippen molar-refractivity contribution in [3.05, 3.63) is 89.0 Å². The molecule has 0 aromatic heterocycles. The zero-order chi connectivity index (χ0) is 31.1. The minimum Gasteiger partial charge on any atom is -0.496 e. The summed E-state index contributed by atoms with van der Waals surface area (Å²) in [6.07, 6.45) is 1.64. The van der Waals surface area contributed by atoms with Gasteiger partial charge in [-0.2, -0.15) is 0 Å². The Hall–Kier alpha value is -3.63. The second-order valence-electron chi connectivity index (χ2n) is 10.9. The van der Waals surface area contributed by atoms with Crippen LogP contribution in [0.5, 0.6) is 17.2 Å². The molecule has 3 atom stereocenters. The minimum absolute atomic E-state index is 0.0527. The molecule has 3 aromatic carbocycles. The van der Waals surface area contributed by atoms with Crippen molar-refractivity contribution in [1.29, 1.82) is 0 Å². The van der Waals surface area contributed by atoms with Gasteiger partial charge in [-0.1, -0.05) is 36.4 Å². The largest absolute Gasteiger partial charge is 0.496 e. The fraction of sp³-hybridized carbons (Fsp3) is 0.457. The number of aliphatic hydroxyl groups is 1. The summed E-state index contributed by atoms with van der Waals surface area (Å²) in [7, 11) is 4.90. The normalized spacial score (nSPS) is 17.1. The summed E-state index contributed by atoms with van der Waals surface area (Å²) in [6.45, 7) is 4.19. The van der Waals surface area contributed by atoms with Crippen molar-refractivity contribution in [3.8, 4) is 17.2 Å². The summed E-state index contributed by atoms with van der Waals surface area (Å²) < 4.78 is 28.2. The number of hydrogen-bond acceptors (Lipinski definition) is 8. The average Bonchev–Trinajstić information content (AvgIpc) is 3.08. The first kappa shape index (κ1) is 33.3. The topological polar surface area (TPSA) is 108 Å². The Morgan fingerprint density at radius 1 is 0.955 bits per heavy atom. The van der Waals surface area contributed by atoms with Gasteiger partial charge in [-0.25, -0.2) is 0 Å². The molecule has 1 heterocycles. The van der Waals surface area contributed by atoms with Crippen molar-refractivity contribution < 1.29 is 33.6 Å². The zero-order valence-corrected chi connectivity index (χ0v) is 26.1. The number of amides is 1. The lowest BCUT2D eigenvalue weighted by atomic mass is 9.76. The van der Waals surface area contributed by atoms with Gasteiger partial charge in [0.2, 0.25) is 0 Å². The number of piperidine rings is 1. The molecule has 1 saturated heterocycles. The summed E-state index contributed by atoms with van der Waals surface area (Å²) in [5, 5.41) is 17.7. The fourth-order valence-corrected chi connectivity index (χ4v) is 5.59. The molecule has 9 nitrogen and oxygen atoms in total. The van der Waals surface area contributed by atoms with E-state index in [1.807, 2.05) is 42.5 Å². The van der Waals surface area contributed by atoms with Crippen molar-refractivity contribution in [2.45, 2.75) is 37.9 Å². The molecule has 238 valence electrons. The third-order valence-electron chi connectivity index (χ3n) is 7.96. The van der Waals surface area contributed by atoms with E-state index in [0.717, 1.165) is 42.0 Å². The number of para-hydroxylation sites is 1. The number of carbonyl (C=O) groups excluding carboxylic acids is 1. The molecule has 3 aromatic rings. The molecule has 0 spiro atoms. The predicted octanol–water partition coefficient (Wildman–Crippen LogP) is 4.88. The molecule has 3 unspecified atom stereocenters. The number of hydrogen-bond donors (Lipinski definition) is 3. The van der Waals surface area contributed by atoms with Gasteiger partial charge in [0, 0.05) is 51.6 Å². The van der Waals surface area contributed by atoms with Crippen LogP contribution in [-0.2, 0) is 16.1 Å².